The summed E-state index contributed by atoms with van der Waals surface area (Å²) < 4.78 is 0. The van der Waals surface area contributed by atoms with E-state index in [0.29, 0.717) is 11.8 Å². The molecule has 108 valence electrons. The van der Waals surface area contributed by atoms with Crippen molar-refractivity contribution < 1.29 is 4.79 Å². The largest absolute Gasteiger partial charge is 0.340 e. The normalized spacial score (nSPS) is 36.3. The van der Waals surface area contributed by atoms with Crippen LogP contribution in [0.15, 0.2) is 0 Å². The third kappa shape index (κ3) is 2.29. The van der Waals surface area contributed by atoms with Crippen LogP contribution in [0.5, 0.6) is 0 Å². The van der Waals surface area contributed by atoms with Gasteiger partial charge < -0.3 is 15.1 Å². The average Bonchev–Trinajstić information content (AvgIpc) is 2.91. The number of nitrogens with one attached hydrogen (secondary N) is 1. The molecule has 0 aromatic rings. The van der Waals surface area contributed by atoms with Gasteiger partial charge in [0.15, 0.2) is 0 Å². The van der Waals surface area contributed by atoms with Crippen LogP contribution in [-0.2, 0) is 4.79 Å². The van der Waals surface area contributed by atoms with Gasteiger partial charge in [-0.25, -0.2) is 0 Å². The first kappa shape index (κ1) is 13.4. The standard InChI is InChI=1S/C15H27N3O/c1-2-17-7-9-18(10-8-17)14(19)15-6-4-3-5-13(15)11-16-12-15/h13,16H,2-12H2,1H3/t13-,15+/m0/s1. The minimum absolute atomic E-state index is 0.0490. The van der Waals surface area contributed by atoms with Crippen LogP contribution in [0.25, 0.3) is 0 Å². The molecule has 1 amide bonds. The first-order chi connectivity index (χ1) is 9.26. The second-order valence-corrected chi connectivity index (χ2v) is 6.46. The molecular weight excluding hydrogens is 238 g/mol. The van der Waals surface area contributed by atoms with Gasteiger partial charge in [0.05, 0.1) is 5.41 Å². The maximum absolute atomic E-state index is 13.0. The average molecular weight is 265 g/mol. The zero-order valence-corrected chi connectivity index (χ0v) is 12.2. The van der Waals surface area contributed by atoms with Crippen LogP contribution < -0.4 is 5.32 Å². The lowest BCUT2D eigenvalue weighted by atomic mass is 9.67. The molecule has 3 rings (SSSR count). The third-order valence-electron chi connectivity index (χ3n) is 5.57. The Balaban J connectivity index is 1.69. The number of amides is 1. The summed E-state index contributed by atoms with van der Waals surface area (Å²) in [6.45, 7) is 9.26. The summed E-state index contributed by atoms with van der Waals surface area (Å²) in [4.78, 5) is 17.6. The number of rotatable bonds is 2. The Hall–Kier alpha value is -0.610. The van der Waals surface area contributed by atoms with E-state index in [2.05, 4.69) is 22.0 Å². The van der Waals surface area contributed by atoms with Crippen molar-refractivity contribution in [1.82, 2.24) is 15.1 Å². The van der Waals surface area contributed by atoms with Crippen LogP contribution in [0.4, 0.5) is 0 Å². The van der Waals surface area contributed by atoms with E-state index in [1.807, 2.05) is 0 Å². The van der Waals surface area contributed by atoms with Gasteiger partial charge in [-0.2, -0.15) is 0 Å². The van der Waals surface area contributed by atoms with Crippen molar-refractivity contribution in [3.05, 3.63) is 0 Å². The van der Waals surface area contributed by atoms with Crippen LogP contribution in [0.1, 0.15) is 32.6 Å². The lowest BCUT2D eigenvalue weighted by Gasteiger charge is -2.43. The predicted octanol–water partition coefficient (Wildman–Crippen LogP) is 0.930. The van der Waals surface area contributed by atoms with E-state index < -0.39 is 0 Å². The SMILES string of the molecule is CCN1CCN(C(=O)[C@@]23CCCC[C@H]2CNC3)CC1. The molecule has 1 N–H and O–H groups in total. The van der Waals surface area contributed by atoms with Crippen LogP contribution in [-0.4, -0.2) is 61.5 Å². The van der Waals surface area contributed by atoms with Gasteiger partial charge in [-0.3, -0.25) is 4.79 Å². The fourth-order valence-corrected chi connectivity index (χ4v) is 4.25. The smallest absolute Gasteiger partial charge is 0.230 e. The van der Waals surface area contributed by atoms with E-state index >= 15 is 0 Å². The van der Waals surface area contributed by atoms with Crippen molar-refractivity contribution in [2.24, 2.45) is 11.3 Å². The number of nitrogens with zero attached hydrogens (tertiary/aromatic N) is 2. The zero-order valence-electron chi connectivity index (χ0n) is 12.2. The van der Waals surface area contributed by atoms with Crippen molar-refractivity contribution in [2.45, 2.75) is 32.6 Å². The van der Waals surface area contributed by atoms with Crippen molar-refractivity contribution in [3.8, 4) is 0 Å². The highest BCUT2D eigenvalue weighted by Crippen LogP contribution is 2.45. The topological polar surface area (TPSA) is 35.6 Å². The number of hydrogen-bond donors (Lipinski definition) is 1. The number of piperazine rings is 1. The quantitative estimate of drug-likeness (QED) is 0.807. The van der Waals surface area contributed by atoms with Crippen molar-refractivity contribution in [3.63, 3.8) is 0 Å². The molecule has 2 atom stereocenters. The van der Waals surface area contributed by atoms with Crippen LogP contribution >= 0.6 is 0 Å². The molecule has 0 unspecified atom stereocenters. The second kappa shape index (κ2) is 5.41. The number of fused-ring (bicyclic) bond motifs is 1. The Bertz CT molecular complexity index is 338. The number of carbonyl (C=O) groups is 1. The highest BCUT2D eigenvalue weighted by Gasteiger charge is 2.51. The highest BCUT2D eigenvalue weighted by molar-refractivity contribution is 5.84. The Morgan fingerprint density at radius 2 is 2.05 bits per heavy atom. The van der Waals surface area contributed by atoms with E-state index in [0.717, 1.165) is 52.2 Å². The Labute approximate surface area is 116 Å². The lowest BCUT2D eigenvalue weighted by Crippen LogP contribution is -2.55. The maximum Gasteiger partial charge on any atom is 0.230 e. The van der Waals surface area contributed by atoms with E-state index in [4.69, 9.17) is 0 Å². The Morgan fingerprint density at radius 3 is 2.79 bits per heavy atom. The van der Waals surface area contributed by atoms with Crippen LogP contribution in [0.3, 0.4) is 0 Å². The van der Waals surface area contributed by atoms with Gasteiger partial charge in [0.25, 0.3) is 0 Å². The Morgan fingerprint density at radius 1 is 1.26 bits per heavy atom. The number of hydrogen-bond acceptors (Lipinski definition) is 3. The minimum Gasteiger partial charge on any atom is -0.340 e. The first-order valence-corrected chi connectivity index (χ1v) is 7.99. The fourth-order valence-electron chi connectivity index (χ4n) is 4.25. The molecule has 0 bridgehead atoms. The lowest BCUT2D eigenvalue weighted by molar-refractivity contribution is -0.147. The van der Waals surface area contributed by atoms with Crippen LogP contribution in [0.2, 0.25) is 0 Å². The monoisotopic (exact) mass is 265 g/mol. The summed E-state index contributed by atoms with van der Waals surface area (Å²) in [7, 11) is 0. The summed E-state index contributed by atoms with van der Waals surface area (Å²) in [6.07, 6.45) is 4.90. The molecule has 3 aliphatic rings. The molecule has 4 nitrogen and oxygen atoms in total. The molecule has 0 radical (unpaired) electrons. The number of likely N-dealkylation sites (N-methyl/N-ethyl adjacent to an activating group) is 1. The van der Waals surface area contributed by atoms with Gasteiger partial charge in [-0.1, -0.05) is 19.8 Å². The van der Waals surface area contributed by atoms with Crippen LogP contribution in [0, 0.1) is 11.3 Å². The summed E-state index contributed by atoms with van der Waals surface area (Å²) in [5.74, 6) is 1.05. The molecule has 0 spiro atoms. The fraction of sp³-hybridized carbons (Fsp3) is 0.933. The summed E-state index contributed by atoms with van der Waals surface area (Å²) in [5, 5.41) is 3.49. The maximum atomic E-state index is 13.0. The first-order valence-electron chi connectivity index (χ1n) is 7.99. The van der Waals surface area contributed by atoms with E-state index in [9.17, 15) is 4.79 Å². The molecule has 1 aliphatic carbocycles. The predicted molar refractivity (Wildman–Crippen MR) is 76.0 cm³/mol. The van der Waals surface area contributed by atoms with E-state index in [-0.39, 0.29) is 5.41 Å². The van der Waals surface area contributed by atoms with Gasteiger partial charge in [0, 0.05) is 32.7 Å². The molecule has 1 saturated carbocycles. The van der Waals surface area contributed by atoms with E-state index in [1.165, 1.54) is 19.3 Å². The Kier molecular flexibility index (Phi) is 3.81. The third-order valence-corrected chi connectivity index (χ3v) is 5.57. The summed E-state index contributed by atoms with van der Waals surface area (Å²) >= 11 is 0. The zero-order chi connectivity index (χ0) is 13.3. The van der Waals surface area contributed by atoms with Gasteiger partial charge in [0.1, 0.15) is 0 Å². The molecular formula is C15H27N3O. The van der Waals surface area contributed by atoms with Crippen molar-refractivity contribution >= 4 is 5.91 Å². The molecule has 19 heavy (non-hydrogen) atoms. The highest BCUT2D eigenvalue weighted by atomic mass is 16.2. The van der Waals surface area contributed by atoms with Gasteiger partial charge >= 0.3 is 0 Å². The van der Waals surface area contributed by atoms with Gasteiger partial charge in [0.2, 0.25) is 5.91 Å². The molecule has 2 aliphatic heterocycles. The molecule has 2 heterocycles. The molecule has 2 saturated heterocycles. The summed E-state index contributed by atoms with van der Waals surface area (Å²) in [5.41, 5.74) is -0.0490. The van der Waals surface area contributed by atoms with Crippen molar-refractivity contribution in [1.29, 1.82) is 0 Å². The molecule has 4 heteroatoms. The molecule has 0 aromatic carbocycles. The van der Waals surface area contributed by atoms with Gasteiger partial charge in [-0.05, 0) is 31.8 Å². The minimum atomic E-state index is -0.0490. The van der Waals surface area contributed by atoms with Gasteiger partial charge in [-0.15, -0.1) is 0 Å². The second-order valence-electron chi connectivity index (χ2n) is 6.46. The molecule has 3 fully saturated rings. The molecule has 0 aromatic heterocycles. The number of carbonyl (C=O) groups excluding carboxylic acids is 1. The van der Waals surface area contributed by atoms with E-state index in [1.54, 1.807) is 0 Å². The van der Waals surface area contributed by atoms with Crippen molar-refractivity contribution in [2.75, 3.05) is 45.8 Å². The summed E-state index contributed by atoms with van der Waals surface area (Å²) in [6, 6.07) is 0.